The number of carbonyl (C=O) groups is 1. The van der Waals surface area contributed by atoms with E-state index in [2.05, 4.69) is 10.3 Å². The van der Waals surface area contributed by atoms with Crippen molar-refractivity contribution < 1.29 is 31.1 Å². The predicted molar refractivity (Wildman–Crippen MR) is 111 cm³/mol. The van der Waals surface area contributed by atoms with Crippen LogP contribution in [0.1, 0.15) is 11.1 Å². The molecule has 0 aliphatic heterocycles. The van der Waals surface area contributed by atoms with Crippen molar-refractivity contribution in [2.24, 2.45) is 5.14 Å². The highest BCUT2D eigenvalue weighted by Crippen LogP contribution is 2.34. The third-order valence-electron chi connectivity index (χ3n) is 4.09. The predicted octanol–water partition coefficient (Wildman–Crippen LogP) is 4.37. The summed E-state index contributed by atoms with van der Waals surface area (Å²) in [5.41, 5.74) is -0.450. The Morgan fingerprint density at radius 1 is 1.12 bits per heavy atom. The molecule has 0 atom stereocenters. The second-order valence-electron chi connectivity index (χ2n) is 6.52. The van der Waals surface area contributed by atoms with Gasteiger partial charge in [-0.3, -0.25) is 4.79 Å². The van der Waals surface area contributed by atoms with E-state index >= 15 is 0 Å². The number of nitrogens with two attached hydrogens (primary N) is 1. The number of ether oxygens (including phenoxy) is 1. The van der Waals surface area contributed by atoms with Crippen LogP contribution in [0.15, 0.2) is 65.7 Å². The maximum Gasteiger partial charge on any atom is 0.416 e. The van der Waals surface area contributed by atoms with Gasteiger partial charge in [-0.1, -0.05) is 35.9 Å². The zero-order valence-electron chi connectivity index (χ0n) is 16.1. The molecule has 1 heterocycles. The van der Waals surface area contributed by atoms with Gasteiger partial charge in [0.05, 0.1) is 23.9 Å². The Labute approximate surface area is 186 Å². The highest BCUT2D eigenvalue weighted by atomic mass is 35.5. The Bertz CT molecular complexity index is 1270. The molecular weight excluding hydrogens is 471 g/mol. The van der Waals surface area contributed by atoms with E-state index in [1.54, 1.807) is 24.3 Å². The van der Waals surface area contributed by atoms with Gasteiger partial charge in [-0.2, -0.15) is 13.2 Å². The minimum Gasteiger partial charge on any atom is -0.438 e. The molecule has 0 saturated heterocycles. The van der Waals surface area contributed by atoms with Crippen molar-refractivity contribution in [1.29, 1.82) is 0 Å². The number of hydrogen-bond donors (Lipinski definition) is 2. The normalized spacial score (nSPS) is 11.8. The van der Waals surface area contributed by atoms with E-state index in [4.69, 9.17) is 21.5 Å². The number of hydrogen-bond acceptors (Lipinski definition) is 5. The van der Waals surface area contributed by atoms with Crippen LogP contribution in [-0.2, 0) is 27.4 Å². The first-order valence-electron chi connectivity index (χ1n) is 8.85. The lowest BCUT2D eigenvalue weighted by Crippen LogP contribution is -2.17. The van der Waals surface area contributed by atoms with Crippen molar-refractivity contribution in [2.75, 3.05) is 5.32 Å². The number of sulfonamides is 1. The third-order valence-corrected chi connectivity index (χ3v) is 5.37. The minimum absolute atomic E-state index is 0.0116. The van der Waals surface area contributed by atoms with E-state index in [0.717, 1.165) is 24.4 Å². The molecule has 0 aliphatic rings. The van der Waals surface area contributed by atoms with Crippen LogP contribution in [0.3, 0.4) is 0 Å². The van der Waals surface area contributed by atoms with E-state index in [1.807, 2.05) is 0 Å². The van der Waals surface area contributed by atoms with Gasteiger partial charge in [0.2, 0.25) is 21.8 Å². The first kappa shape index (κ1) is 23.5. The number of anilines is 1. The van der Waals surface area contributed by atoms with E-state index in [0.29, 0.717) is 16.7 Å². The number of primary sulfonamides is 1. The van der Waals surface area contributed by atoms with Gasteiger partial charge < -0.3 is 10.1 Å². The molecule has 0 fully saturated rings. The molecule has 0 radical (unpaired) electrons. The Morgan fingerprint density at radius 3 is 2.50 bits per heavy atom. The second kappa shape index (κ2) is 9.15. The average molecular weight is 486 g/mol. The van der Waals surface area contributed by atoms with Crippen molar-refractivity contribution in [3.8, 4) is 11.6 Å². The standard InChI is InChI=1S/C20H15ClF3N3O4S/c21-16-7-2-1-4-12(16)8-18(28)27-14-10-17(32(25,29)30)19(26-11-14)31-15-6-3-5-13(9-15)20(22,23)24/h1-7,9-11H,8H2,(H,27,28)(H2,25,29,30). The largest absolute Gasteiger partial charge is 0.438 e. The summed E-state index contributed by atoms with van der Waals surface area (Å²) in [6, 6.07) is 11.5. The number of alkyl halides is 3. The van der Waals surface area contributed by atoms with Crippen LogP contribution in [-0.4, -0.2) is 19.3 Å². The van der Waals surface area contributed by atoms with Crippen LogP contribution in [0, 0.1) is 0 Å². The van der Waals surface area contributed by atoms with E-state index in [1.165, 1.54) is 6.07 Å². The second-order valence-corrected chi connectivity index (χ2v) is 8.45. The van der Waals surface area contributed by atoms with Crippen LogP contribution < -0.4 is 15.2 Å². The Hall–Kier alpha value is -3.15. The zero-order chi connectivity index (χ0) is 23.5. The van der Waals surface area contributed by atoms with Gasteiger partial charge >= 0.3 is 6.18 Å². The first-order chi connectivity index (χ1) is 14.9. The van der Waals surface area contributed by atoms with Crippen LogP contribution in [0.5, 0.6) is 11.6 Å². The van der Waals surface area contributed by atoms with Crippen molar-refractivity contribution in [2.45, 2.75) is 17.5 Å². The number of nitrogens with one attached hydrogen (secondary N) is 1. The molecule has 3 aromatic rings. The number of rotatable bonds is 6. The van der Waals surface area contributed by atoms with Crippen LogP contribution in [0.4, 0.5) is 18.9 Å². The fourth-order valence-electron chi connectivity index (χ4n) is 2.65. The van der Waals surface area contributed by atoms with Crippen LogP contribution in [0.25, 0.3) is 0 Å². The molecule has 3 rings (SSSR count). The van der Waals surface area contributed by atoms with E-state index in [9.17, 15) is 26.4 Å². The van der Waals surface area contributed by atoms with Crippen LogP contribution >= 0.6 is 11.6 Å². The number of nitrogens with zero attached hydrogens (tertiary/aromatic N) is 1. The summed E-state index contributed by atoms with van der Waals surface area (Å²) in [7, 11) is -4.40. The SMILES string of the molecule is NS(=O)(=O)c1cc(NC(=O)Cc2ccccc2Cl)cnc1Oc1cccc(C(F)(F)F)c1. The quantitative estimate of drug-likeness (QED) is 0.538. The van der Waals surface area contributed by atoms with Gasteiger partial charge in [-0.15, -0.1) is 0 Å². The monoisotopic (exact) mass is 485 g/mol. The van der Waals surface area contributed by atoms with Gasteiger partial charge in [0, 0.05) is 5.02 Å². The fraction of sp³-hybridized carbons (Fsp3) is 0.100. The molecule has 0 unspecified atom stereocenters. The molecular formula is C20H15ClF3N3O4S. The molecule has 7 nitrogen and oxygen atoms in total. The molecule has 0 spiro atoms. The molecule has 1 amide bonds. The summed E-state index contributed by atoms with van der Waals surface area (Å²) in [4.78, 5) is 15.5. The topological polar surface area (TPSA) is 111 Å². The van der Waals surface area contributed by atoms with Crippen molar-refractivity contribution in [3.05, 3.63) is 76.9 Å². The average Bonchev–Trinajstić information content (AvgIpc) is 2.70. The lowest BCUT2D eigenvalue weighted by Gasteiger charge is -2.13. The first-order valence-corrected chi connectivity index (χ1v) is 10.8. The molecule has 0 bridgehead atoms. The molecule has 0 aliphatic carbocycles. The number of halogens is 4. The van der Waals surface area contributed by atoms with Crippen molar-refractivity contribution in [3.63, 3.8) is 0 Å². The number of pyridine rings is 1. The molecule has 12 heteroatoms. The maximum absolute atomic E-state index is 12.9. The number of carbonyl (C=O) groups excluding carboxylic acids is 1. The number of amides is 1. The van der Waals surface area contributed by atoms with Crippen LogP contribution in [0.2, 0.25) is 5.02 Å². The summed E-state index contributed by atoms with van der Waals surface area (Å²) >= 11 is 6.02. The van der Waals surface area contributed by atoms with E-state index < -0.39 is 38.4 Å². The highest BCUT2D eigenvalue weighted by molar-refractivity contribution is 7.89. The Morgan fingerprint density at radius 2 is 1.84 bits per heavy atom. The number of benzene rings is 2. The molecule has 2 aromatic carbocycles. The summed E-state index contributed by atoms with van der Waals surface area (Å²) in [5.74, 6) is -1.35. The number of aromatic nitrogens is 1. The minimum atomic E-state index is -4.62. The summed E-state index contributed by atoms with van der Waals surface area (Å²) in [5, 5.41) is 8.05. The molecule has 32 heavy (non-hydrogen) atoms. The summed E-state index contributed by atoms with van der Waals surface area (Å²) in [6.07, 6.45) is -3.62. The van der Waals surface area contributed by atoms with Gasteiger partial charge in [0.1, 0.15) is 10.6 Å². The summed E-state index contributed by atoms with van der Waals surface area (Å²) < 4.78 is 67.9. The lowest BCUT2D eigenvalue weighted by atomic mass is 10.1. The van der Waals surface area contributed by atoms with Crippen molar-refractivity contribution in [1.82, 2.24) is 4.98 Å². The highest BCUT2D eigenvalue weighted by Gasteiger charge is 2.31. The Kier molecular flexibility index (Phi) is 6.72. The lowest BCUT2D eigenvalue weighted by molar-refractivity contribution is -0.137. The van der Waals surface area contributed by atoms with E-state index in [-0.39, 0.29) is 17.9 Å². The third kappa shape index (κ3) is 5.96. The maximum atomic E-state index is 12.9. The van der Waals surface area contributed by atoms with Gasteiger partial charge in [0.25, 0.3) is 0 Å². The molecule has 1 aromatic heterocycles. The van der Waals surface area contributed by atoms with Crippen molar-refractivity contribution >= 4 is 33.2 Å². The molecule has 3 N–H and O–H groups in total. The molecule has 0 saturated carbocycles. The van der Waals surface area contributed by atoms with Gasteiger partial charge in [0.15, 0.2) is 0 Å². The summed E-state index contributed by atoms with van der Waals surface area (Å²) in [6.45, 7) is 0. The molecule has 168 valence electrons. The smallest absolute Gasteiger partial charge is 0.416 e. The zero-order valence-corrected chi connectivity index (χ0v) is 17.6. The van der Waals surface area contributed by atoms with Gasteiger partial charge in [-0.05, 0) is 35.9 Å². The van der Waals surface area contributed by atoms with Gasteiger partial charge in [-0.25, -0.2) is 18.5 Å². The Balaban J connectivity index is 1.85. The fourth-order valence-corrected chi connectivity index (χ4v) is 3.48.